The third-order valence-electron chi connectivity index (χ3n) is 5.22. The number of ether oxygens (including phenoxy) is 1. The number of rotatable bonds is 8. The molecule has 0 unspecified atom stereocenters. The summed E-state index contributed by atoms with van der Waals surface area (Å²) in [6.45, 7) is 4.14. The molecule has 2 amide bonds. The number of aryl methyl sites for hydroxylation is 1. The molecule has 9 heteroatoms. The monoisotopic (exact) mass is 459 g/mol. The Morgan fingerprint density at radius 3 is 2.38 bits per heavy atom. The average Bonchev–Trinajstić information content (AvgIpc) is 2.77. The van der Waals surface area contributed by atoms with Crippen molar-refractivity contribution in [3.63, 3.8) is 0 Å². The van der Waals surface area contributed by atoms with E-state index in [-0.39, 0.29) is 24.8 Å². The fourth-order valence-electron chi connectivity index (χ4n) is 3.51. The first-order valence-electron chi connectivity index (χ1n) is 10.6. The number of nitrogens with zero attached hydrogens (tertiary/aromatic N) is 2. The Labute approximate surface area is 189 Å². The predicted molar refractivity (Wildman–Crippen MR) is 124 cm³/mol. The first-order valence-corrected chi connectivity index (χ1v) is 12.4. The predicted octanol–water partition coefficient (Wildman–Crippen LogP) is 2.65. The lowest BCUT2D eigenvalue weighted by atomic mass is 10.1. The number of carbonyl (C=O) groups is 2. The summed E-state index contributed by atoms with van der Waals surface area (Å²) in [5.41, 5.74) is 2.49. The number of carbonyl (C=O) groups excluding carboxylic acids is 2. The molecule has 0 bridgehead atoms. The van der Waals surface area contributed by atoms with Crippen molar-refractivity contribution in [1.29, 1.82) is 0 Å². The van der Waals surface area contributed by atoms with Crippen LogP contribution in [0.3, 0.4) is 0 Å². The van der Waals surface area contributed by atoms with E-state index in [1.165, 1.54) is 4.31 Å². The molecular weight excluding hydrogens is 430 g/mol. The summed E-state index contributed by atoms with van der Waals surface area (Å²) >= 11 is 0. The molecule has 0 aromatic heterocycles. The highest BCUT2D eigenvalue weighted by Gasteiger charge is 2.22. The molecule has 1 saturated heterocycles. The summed E-state index contributed by atoms with van der Waals surface area (Å²) in [5, 5.41) is 2.80. The number of anilines is 2. The Morgan fingerprint density at radius 1 is 1.06 bits per heavy atom. The summed E-state index contributed by atoms with van der Waals surface area (Å²) in [4.78, 5) is 27.1. The maximum absolute atomic E-state index is 12.8. The van der Waals surface area contributed by atoms with E-state index in [0.717, 1.165) is 11.8 Å². The highest BCUT2D eigenvalue weighted by Crippen LogP contribution is 2.21. The van der Waals surface area contributed by atoms with Crippen LogP contribution < -0.4 is 9.62 Å². The first-order chi connectivity index (χ1) is 15.3. The number of sulfonamides is 1. The number of para-hydroxylation sites is 1. The van der Waals surface area contributed by atoms with E-state index in [4.69, 9.17) is 4.74 Å². The van der Waals surface area contributed by atoms with Gasteiger partial charge >= 0.3 is 0 Å². The van der Waals surface area contributed by atoms with E-state index in [1.807, 2.05) is 19.1 Å². The van der Waals surface area contributed by atoms with E-state index in [9.17, 15) is 18.0 Å². The summed E-state index contributed by atoms with van der Waals surface area (Å²) in [5.74, 6) is -0.420. The number of nitrogens with one attached hydrogen (secondary N) is 1. The van der Waals surface area contributed by atoms with Gasteiger partial charge in [-0.05, 0) is 37.6 Å². The van der Waals surface area contributed by atoms with Crippen molar-refractivity contribution in [3.05, 3.63) is 59.7 Å². The van der Waals surface area contributed by atoms with Gasteiger partial charge in [0.15, 0.2) is 0 Å². The van der Waals surface area contributed by atoms with Gasteiger partial charge in [0.1, 0.15) is 0 Å². The fourth-order valence-corrected chi connectivity index (χ4v) is 4.47. The second-order valence-electron chi connectivity index (χ2n) is 7.77. The molecule has 8 nitrogen and oxygen atoms in total. The van der Waals surface area contributed by atoms with Crippen LogP contribution in [0.25, 0.3) is 0 Å². The molecule has 0 saturated carbocycles. The molecule has 2 aromatic rings. The lowest BCUT2D eigenvalue weighted by Gasteiger charge is -2.27. The molecule has 1 N–H and O–H groups in total. The number of hydrogen-bond acceptors (Lipinski definition) is 5. The van der Waals surface area contributed by atoms with Crippen LogP contribution in [0.5, 0.6) is 0 Å². The van der Waals surface area contributed by atoms with Crippen molar-refractivity contribution in [2.24, 2.45) is 0 Å². The van der Waals surface area contributed by atoms with E-state index >= 15 is 0 Å². The van der Waals surface area contributed by atoms with Gasteiger partial charge in [-0.1, -0.05) is 29.8 Å². The van der Waals surface area contributed by atoms with Crippen LogP contribution in [0.2, 0.25) is 0 Å². The summed E-state index contributed by atoms with van der Waals surface area (Å²) < 4.78 is 31.1. The van der Waals surface area contributed by atoms with Gasteiger partial charge in [0, 0.05) is 26.1 Å². The molecule has 1 heterocycles. The van der Waals surface area contributed by atoms with Gasteiger partial charge in [0.2, 0.25) is 15.9 Å². The molecule has 32 heavy (non-hydrogen) atoms. The topological polar surface area (TPSA) is 96.0 Å². The van der Waals surface area contributed by atoms with Crippen molar-refractivity contribution in [2.75, 3.05) is 48.7 Å². The average molecular weight is 460 g/mol. The van der Waals surface area contributed by atoms with Gasteiger partial charge in [-0.25, -0.2) is 8.42 Å². The summed E-state index contributed by atoms with van der Waals surface area (Å²) in [7, 11) is -3.48. The Morgan fingerprint density at radius 2 is 1.72 bits per heavy atom. The van der Waals surface area contributed by atoms with Crippen LogP contribution in [0.4, 0.5) is 11.4 Å². The molecule has 0 aliphatic carbocycles. The first kappa shape index (κ1) is 23.7. The quantitative estimate of drug-likeness (QED) is 0.655. The Balaban J connectivity index is 1.61. The number of hydrogen-bond donors (Lipinski definition) is 1. The van der Waals surface area contributed by atoms with E-state index in [1.54, 1.807) is 41.3 Å². The van der Waals surface area contributed by atoms with Gasteiger partial charge in [0.25, 0.3) is 5.91 Å². The summed E-state index contributed by atoms with van der Waals surface area (Å²) in [6, 6.07) is 14.1. The number of benzene rings is 2. The third-order valence-corrected chi connectivity index (χ3v) is 6.41. The van der Waals surface area contributed by atoms with Crippen LogP contribution >= 0.6 is 0 Å². The SMILES string of the molecule is Cc1ccc(N(CCCC(=O)Nc2ccccc2C(=O)N2CCOCC2)S(C)(=O)=O)cc1. The maximum Gasteiger partial charge on any atom is 0.256 e. The zero-order valence-corrected chi connectivity index (χ0v) is 19.2. The minimum absolute atomic E-state index is 0.123. The van der Waals surface area contributed by atoms with E-state index in [2.05, 4.69) is 5.32 Å². The van der Waals surface area contributed by atoms with E-state index in [0.29, 0.717) is 49.7 Å². The van der Waals surface area contributed by atoms with Crippen LogP contribution in [0.1, 0.15) is 28.8 Å². The minimum atomic E-state index is -3.48. The molecule has 1 fully saturated rings. The van der Waals surface area contributed by atoms with Crippen molar-refractivity contribution in [1.82, 2.24) is 4.90 Å². The standard InChI is InChI=1S/C23H29N3O5S/c1-18-9-11-19(12-10-18)26(32(2,29)30)13-5-8-22(27)24-21-7-4-3-6-20(21)23(28)25-14-16-31-17-15-25/h3-4,6-7,9-12H,5,8,13-17H2,1-2H3,(H,24,27). The normalized spacial score (nSPS) is 14.1. The Kier molecular flexibility index (Phi) is 7.87. The third kappa shape index (κ3) is 6.30. The van der Waals surface area contributed by atoms with Crippen LogP contribution in [0, 0.1) is 6.92 Å². The van der Waals surface area contributed by atoms with Crippen molar-refractivity contribution in [2.45, 2.75) is 19.8 Å². The second-order valence-corrected chi connectivity index (χ2v) is 9.68. The fraction of sp³-hybridized carbons (Fsp3) is 0.391. The largest absolute Gasteiger partial charge is 0.378 e. The zero-order valence-electron chi connectivity index (χ0n) is 18.4. The van der Waals surface area contributed by atoms with Gasteiger partial charge in [-0.15, -0.1) is 0 Å². The van der Waals surface area contributed by atoms with Crippen molar-refractivity contribution >= 4 is 33.2 Å². The van der Waals surface area contributed by atoms with Gasteiger partial charge in [-0.3, -0.25) is 13.9 Å². The lowest BCUT2D eigenvalue weighted by molar-refractivity contribution is -0.116. The highest BCUT2D eigenvalue weighted by molar-refractivity contribution is 7.92. The minimum Gasteiger partial charge on any atom is -0.378 e. The van der Waals surface area contributed by atoms with Crippen molar-refractivity contribution < 1.29 is 22.7 Å². The number of amides is 2. The highest BCUT2D eigenvalue weighted by atomic mass is 32.2. The zero-order chi connectivity index (χ0) is 23.1. The van der Waals surface area contributed by atoms with Crippen LogP contribution in [-0.2, 0) is 19.6 Å². The smallest absolute Gasteiger partial charge is 0.256 e. The molecule has 1 aliphatic heterocycles. The molecule has 1 aliphatic rings. The molecular formula is C23H29N3O5S. The van der Waals surface area contributed by atoms with Crippen LogP contribution in [-0.4, -0.2) is 64.2 Å². The Hall–Kier alpha value is -2.91. The molecule has 2 aromatic carbocycles. The molecule has 172 valence electrons. The Bertz CT molecular complexity index is 1050. The molecule has 0 spiro atoms. The number of morpholine rings is 1. The van der Waals surface area contributed by atoms with Crippen LogP contribution in [0.15, 0.2) is 48.5 Å². The molecule has 3 rings (SSSR count). The van der Waals surface area contributed by atoms with Crippen molar-refractivity contribution in [3.8, 4) is 0 Å². The van der Waals surface area contributed by atoms with Gasteiger partial charge in [0.05, 0.1) is 36.4 Å². The molecule has 0 radical (unpaired) electrons. The van der Waals surface area contributed by atoms with E-state index < -0.39 is 10.0 Å². The molecule has 0 atom stereocenters. The maximum atomic E-state index is 12.8. The lowest BCUT2D eigenvalue weighted by Crippen LogP contribution is -2.41. The second kappa shape index (κ2) is 10.6. The van der Waals surface area contributed by atoms with Gasteiger partial charge in [-0.2, -0.15) is 0 Å². The summed E-state index contributed by atoms with van der Waals surface area (Å²) in [6.07, 6.45) is 1.62. The van der Waals surface area contributed by atoms with Gasteiger partial charge < -0.3 is 15.0 Å².